The first kappa shape index (κ1) is 15.0. The number of nitrogens with two attached hydrogens (primary N) is 1. The molecule has 1 unspecified atom stereocenters. The van der Waals surface area contributed by atoms with Crippen LogP contribution in [0.1, 0.15) is 28.3 Å². The lowest BCUT2D eigenvalue weighted by Gasteiger charge is -2.19. The van der Waals surface area contributed by atoms with Crippen molar-refractivity contribution in [1.82, 2.24) is 0 Å². The van der Waals surface area contributed by atoms with Crippen molar-refractivity contribution < 1.29 is 9.13 Å². The summed E-state index contributed by atoms with van der Waals surface area (Å²) in [6, 6.07) is 8.81. The Morgan fingerprint density at radius 3 is 2.50 bits per heavy atom. The van der Waals surface area contributed by atoms with Gasteiger partial charge in [-0.2, -0.15) is 0 Å². The van der Waals surface area contributed by atoms with Gasteiger partial charge >= 0.3 is 0 Å². The van der Waals surface area contributed by atoms with Gasteiger partial charge in [0.2, 0.25) is 0 Å². The van der Waals surface area contributed by atoms with Crippen LogP contribution in [-0.2, 0) is 0 Å². The van der Waals surface area contributed by atoms with E-state index in [4.69, 9.17) is 10.5 Å². The van der Waals surface area contributed by atoms with Crippen LogP contribution in [0.4, 0.5) is 4.39 Å². The maximum Gasteiger partial charge on any atom is 0.141 e. The number of rotatable bonds is 3. The highest BCUT2D eigenvalue weighted by Gasteiger charge is 2.18. The van der Waals surface area contributed by atoms with E-state index in [9.17, 15) is 4.39 Å². The second kappa shape index (κ2) is 5.94. The second-order valence-corrected chi connectivity index (χ2v) is 5.70. The molecular weight excluding hydrogens is 321 g/mol. The van der Waals surface area contributed by atoms with E-state index in [1.807, 2.05) is 26.0 Å². The third-order valence-corrected chi connectivity index (χ3v) is 3.99. The number of benzene rings is 2. The van der Waals surface area contributed by atoms with E-state index >= 15 is 0 Å². The summed E-state index contributed by atoms with van der Waals surface area (Å²) in [5.74, 6) is 0.0953. The summed E-state index contributed by atoms with van der Waals surface area (Å²) in [6.45, 7) is 4.03. The zero-order chi connectivity index (χ0) is 14.9. The molecule has 20 heavy (non-hydrogen) atoms. The van der Waals surface area contributed by atoms with Crippen LogP contribution < -0.4 is 10.5 Å². The van der Waals surface area contributed by atoms with E-state index in [1.54, 1.807) is 6.07 Å². The van der Waals surface area contributed by atoms with Crippen molar-refractivity contribution in [2.45, 2.75) is 19.9 Å². The van der Waals surface area contributed by atoms with Crippen molar-refractivity contribution in [3.63, 3.8) is 0 Å². The lowest BCUT2D eigenvalue weighted by molar-refractivity contribution is 0.404. The minimum atomic E-state index is -0.362. The van der Waals surface area contributed by atoms with E-state index in [1.165, 1.54) is 13.2 Å². The predicted molar refractivity (Wildman–Crippen MR) is 82.6 cm³/mol. The standard InChI is InChI=1S/C16H17BrFNO/c1-9-4-5-10(2)11(6-9)16(19)12-7-13(17)14(18)8-15(12)20-3/h4-8,16H,19H2,1-3H3. The molecule has 0 radical (unpaired) electrons. The third kappa shape index (κ3) is 2.86. The van der Waals surface area contributed by atoms with Gasteiger partial charge in [0.15, 0.2) is 0 Å². The summed E-state index contributed by atoms with van der Waals surface area (Å²) in [6.07, 6.45) is 0. The first-order valence-corrected chi connectivity index (χ1v) is 7.09. The highest BCUT2D eigenvalue weighted by atomic mass is 79.9. The summed E-state index contributed by atoms with van der Waals surface area (Å²) < 4.78 is 19.2. The molecule has 2 aromatic rings. The monoisotopic (exact) mass is 337 g/mol. The fourth-order valence-corrected chi connectivity index (χ4v) is 2.59. The Labute approximate surface area is 126 Å². The smallest absolute Gasteiger partial charge is 0.141 e. The van der Waals surface area contributed by atoms with Gasteiger partial charge in [-0.25, -0.2) is 4.39 Å². The molecule has 2 nitrogen and oxygen atoms in total. The van der Waals surface area contributed by atoms with Gasteiger partial charge in [0.25, 0.3) is 0 Å². The van der Waals surface area contributed by atoms with E-state index in [-0.39, 0.29) is 11.9 Å². The maximum absolute atomic E-state index is 13.6. The van der Waals surface area contributed by atoms with Gasteiger partial charge in [-0.05, 0) is 47.0 Å². The Morgan fingerprint density at radius 1 is 1.15 bits per heavy atom. The topological polar surface area (TPSA) is 35.2 Å². The molecular formula is C16H17BrFNO. The molecule has 0 aliphatic carbocycles. The van der Waals surface area contributed by atoms with E-state index in [2.05, 4.69) is 22.0 Å². The van der Waals surface area contributed by atoms with E-state index < -0.39 is 0 Å². The van der Waals surface area contributed by atoms with Crippen molar-refractivity contribution in [2.24, 2.45) is 5.73 Å². The van der Waals surface area contributed by atoms with Gasteiger partial charge in [0.1, 0.15) is 11.6 Å². The summed E-state index contributed by atoms with van der Waals surface area (Å²) in [7, 11) is 1.52. The molecule has 0 fully saturated rings. The van der Waals surface area contributed by atoms with Crippen LogP contribution in [0.25, 0.3) is 0 Å². The Morgan fingerprint density at radius 2 is 1.85 bits per heavy atom. The third-order valence-electron chi connectivity index (χ3n) is 3.38. The molecule has 0 bridgehead atoms. The van der Waals surface area contributed by atoms with Gasteiger partial charge < -0.3 is 10.5 Å². The van der Waals surface area contributed by atoms with Gasteiger partial charge in [0.05, 0.1) is 17.6 Å². The molecule has 1 atom stereocenters. The van der Waals surface area contributed by atoms with Crippen LogP contribution >= 0.6 is 15.9 Å². The molecule has 0 aliphatic rings. The molecule has 0 aromatic heterocycles. The predicted octanol–water partition coefficient (Wildman–Crippen LogP) is 4.26. The Bertz CT molecular complexity index is 643. The van der Waals surface area contributed by atoms with Crippen molar-refractivity contribution in [1.29, 1.82) is 0 Å². The van der Waals surface area contributed by atoms with Crippen LogP contribution in [0, 0.1) is 19.7 Å². The molecule has 0 spiro atoms. The number of halogens is 2. The fourth-order valence-electron chi connectivity index (χ4n) is 2.23. The quantitative estimate of drug-likeness (QED) is 0.907. The molecule has 0 heterocycles. The average molecular weight is 338 g/mol. The lowest BCUT2D eigenvalue weighted by atomic mass is 9.93. The van der Waals surface area contributed by atoms with Crippen LogP contribution in [-0.4, -0.2) is 7.11 Å². The molecule has 2 rings (SSSR count). The molecule has 0 aliphatic heterocycles. The summed E-state index contributed by atoms with van der Waals surface area (Å²) in [5, 5.41) is 0. The first-order valence-electron chi connectivity index (χ1n) is 6.29. The SMILES string of the molecule is COc1cc(F)c(Br)cc1C(N)c1cc(C)ccc1C. The van der Waals surface area contributed by atoms with Gasteiger partial charge in [-0.1, -0.05) is 23.8 Å². The normalized spacial score (nSPS) is 12.3. The van der Waals surface area contributed by atoms with Gasteiger partial charge in [0, 0.05) is 11.6 Å². The number of aryl methyl sites for hydroxylation is 2. The van der Waals surface area contributed by atoms with Crippen molar-refractivity contribution in [2.75, 3.05) is 7.11 Å². The van der Waals surface area contributed by atoms with E-state index in [0.29, 0.717) is 10.2 Å². The zero-order valence-corrected chi connectivity index (χ0v) is 13.3. The van der Waals surface area contributed by atoms with Gasteiger partial charge in [-0.15, -0.1) is 0 Å². The number of hydrogen-bond acceptors (Lipinski definition) is 2. The molecule has 2 N–H and O–H groups in total. The number of hydrogen-bond donors (Lipinski definition) is 1. The fraction of sp³-hybridized carbons (Fsp3) is 0.250. The van der Waals surface area contributed by atoms with Crippen LogP contribution in [0.5, 0.6) is 5.75 Å². The Kier molecular flexibility index (Phi) is 4.45. The minimum absolute atomic E-state index is 0.359. The van der Waals surface area contributed by atoms with E-state index in [0.717, 1.165) is 22.3 Å². The summed E-state index contributed by atoms with van der Waals surface area (Å²) in [4.78, 5) is 0. The molecule has 0 saturated carbocycles. The maximum atomic E-state index is 13.6. The van der Waals surface area contributed by atoms with Crippen LogP contribution in [0.2, 0.25) is 0 Å². The van der Waals surface area contributed by atoms with Crippen molar-refractivity contribution >= 4 is 15.9 Å². The van der Waals surface area contributed by atoms with Crippen LogP contribution in [0.15, 0.2) is 34.8 Å². The number of methoxy groups -OCH3 is 1. The molecule has 106 valence electrons. The lowest BCUT2D eigenvalue weighted by Crippen LogP contribution is -2.15. The Balaban J connectivity index is 2.55. The average Bonchev–Trinajstić information content (AvgIpc) is 2.43. The minimum Gasteiger partial charge on any atom is -0.496 e. The summed E-state index contributed by atoms with van der Waals surface area (Å²) >= 11 is 3.20. The second-order valence-electron chi connectivity index (χ2n) is 4.85. The molecule has 0 saturated heterocycles. The highest BCUT2D eigenvalue weighted by Crippen LogP contribution is 2.34. The number of ether oxygens (including phenoxy) is 1. The molecule has 0 amide bonds. The molecule has 2 aromatic carbocycles. The highest BCUT2D eigenvalue weighted by molar-refractivity contribution is 9.10. The van der Waals surface area contributed by atoms with Crippen LogP contribution in [0.3, 0.4) is 0 Å². The zero-order valence-electron chi connectivity index (χ0n) is 11.7. The van der Waals surface area contributed by atoms with Crippen molar-refractivity contribution in [3.05, 3.63) is 62.9 Å². The first-order chi connectivity index (χ1) is 9.43. The summed E-state index contributed by atoms with van der Waals surface area (Å²) in [5.41, 5.74) is 10.4. The largest absolute Gasteiger partial charge is 0.496 e. The Hall–Kier alpha value is -1.39. The van der Waals surface area contributed by atoms with Crippen molar-refractivity contribution in [3.8, 4) is 5.75 Å². The van der Waals surface area contributed by atoms with Gasteiger partial charge in [-0.3, -0.25) is 0 Å². The molecule has 4 heteroatoms.